The highest BCUT2D eigenvalue weighted by atomic mass is 32.2. The molecule has 0 bridgehead atoms. The number of benzene rings is 2. The molecule has 1 aliphatic heterocycles. The summed E-state index contributed by atoms with van der Waals surface area (Å²) in [7, 11) is 3.04. The summed E-state index contributed by atoms with van der Waals surface area (Å²) >= 11 is 1.19. The lowest BCUT2D eigenvalue weighted by Crippen LogP contribution is -2.31. The predicted octanol–water partition coefficient (Wildman–Crippen LogP) is 5.62. The van der Waals surface area contributed by atoms with Crippen molar-refractivity contribution in [3.63, 3.8) is 0 Å². The van der Waals surface area contributed by atoms with Gasteiger partial charge in [0.05, 0.1) is 60.1 Å². The number of carbonyl (C=O) groups is 2. The first kappa shape index (κ1) is 28.4. The Hall–Kier alpha value is -4.62. The van der Waals surface area contributed by atoms with E-state index in [0.717, 1.165) is 16.8 Å². The van der Waals surface area contributed by atoms with E-state index in [2.05, 4.69) is 22.0 Å². The molecule has 1 atom stereocenters. The van der Waals surface area contributed by atoms with Crippen molar-refractivity contribution in [2.24, 2.45) is 0 Å². The normalized spacial score (nSPS) is 14.8. The van der Waals surface area contributed by atoms with E-state index in [1.807, 2.05) is 32.0 Å². The van der Waals surface area contributed by atoms with Gasteiger partial charge in [0.25, 0.3) is 5.91 Å². The molecule has 10 heteroatoms. The number of nitrogens with zero attached hydrogens (tertiary/aromatic N) is 1. The van der Waals surface area contributed by atoms with Gasteiger partial charge in [-0.25, -0.2) is 0 Å². The third-order valence-electron chi connectivity index (χ3n) is 6.47. The number of nitrogens with one attached hydrogen (secondary N) is 3. The minimum atomic E-state index is -0.790. The number of thioether (sulfide) groups is 1. The monoisotopic (exact) mass is 558 g/mol. The molecule has 0 fully saturated rings. The highest BCUT2D eigenvalue weighted by molar-refractivity contribution is 8.03. The van der Waals surface area contributed by atoms with Crippen LogP contribution >= 0.6 is 11.8 Å². The maximum Gasteiger partial charge on any atom is 0.254 e. The smallest absolute Gasteiger partial charge is 0.254 e. The molecule has 0 saturated carbocycles. The van der Waals surface area contributed by atoms with E-state index in [4.69, 9.17) is 13.9 Å². The first-order valence-electron chi connectivity index (χ1n) is 12.4. The zero-order valence-electron chi connectivity index (χ0n) is 22.9. The van der Waals surface area contributed by atoms with Crippen LogP contribution in [0.3, 0.4) is 0 Å². The van der Waals surface area contributed by atoms with Gasteiger partial charge in [0.15, 0.2) is 0 Å². The maximum absolute atomic E-state index is 13.7. The van der Waals surface area contributed by atoms with E-state index in [-0.39, 0.29) is 17.2 Å². The highest BCUT2D eigenvalue weighted by Gasteiger charge is 2.37. The van der Waals surface area contributed by atoms with Crippen LogP contribution < -0.4 is 25.4 Å². The first-order chi connectivity index (χ1) is 19.3. The highest BCUT2D eigenvalue weighted by Crippen LogP contribution is 2.41. The van der Waals surface area contributed by atoms with Gasteiger partial charge in [0, 0.05) is 17.5 Å². The van der Waals surface area contributed by atoms with Gasteiger partial charge in [-0.15, -0.1) is 0 Å². The molecule has 3 aromatic rings. The Bertz CT molecular complexity index is 1520. The van der Waals surface area contributed by atoms with Gasteiger partial charge in [0.1, 0.15) is 17.3 Å². The largest absolute Gasteiger partial charge is 0.497 e. The molecule has 1 unspecified atom stereocenters. The summed E-state index contributed by atoms with van der Waals surface area (Å²) in [6.45, 7) is 5.62. The minimum absolute atomic E-state index is 0.0575. The van der Waals surface area contributed by atoms with Crippen molar-refractivity contribution in [1.82, 2.24) is 5.32 Å². The summed E-state index contributed by atoms with van der Waals surface area (Å²) in [6.07, 6.45) is 1.49. The number of methoxy groups -OCH3 is 2. The van der Waals surface area contributed by atoms with Crippen LogP contribution in [0.25, 0.3) is 0 Å². The number of ether oxygens (including phenoxy) is 2. The van der Waals surface area contributed by atoms with Crippen molar-refractivity contribution in [3.8, 4) is 17.6 Å². The first-order valence-corrected chi connectivity index (χ1v) is 13.4. The number of carbonyl (C=O) groups excluding carboxylic acids is 2. The number of amides is 2. The summed E-state index contributed by atoms with van der Waals surface area (Å²) in [5.74, 6) is 0.0401. The number of furan rings is 1. The number of hydrogen-bond donors (Lipinski definition) is 3. The fourth-order valence-corrected chi connectivity index (χ4v) is 5.39. The van der Waals surface area contributed by atoms with Crippen LogP contribution in [0.4, 0.5) is 11.4 Å². The summed E-state index contributed by atoms with van der Waals surface area (Å²) in [5.41, 5.74) is 4.22. The third-order valence-corrected chi connectivity index (χ3v) is 7.48. The number of nitriles is 1. The second-order valence-corrected chi connectivity index (χ2v) is 10.1. The van der Waals surface area contributed by atoms with Crippen LogP contribution in [0, 0.1) is 25.2 Å². The molecule has 2 aromatic carbocycles. The van der Waals surface area contributed by atoms with Gasteiger partial charge in [0.2, 0.25) is 5.91 Å². The lowest BCUT2D eigenvalue weighted by Gasteiger charge is -2.28. The topological polar surface area (TPSA) is 126 Å². The van der Waals surface area contributed by atoms with Crippen LogP contribution in [0.1, 0.15) is 29.7 Å². The molecular formula is C30H30N4O5S. The van der Waals surface area contributed by atoms with Gasteiger partial charge >= 0.3 is 0 Å². The molecule has 0 saturated heterocycles. The van der Waals surface area contributed by atoms with Gasteiger partial charge in [-0.1, -0.05) is 30.0 Å². The number of hydrogen-bond acceptors (Lipinski definition) is 8. The Morgan fingerprint density at radius 2 is 1.80 bits per heavy atom. The van der Waals surface area contributed by atoms with Gasteiger partial charge < -0.3 is 29.8 Å². The fraction of sp³-hybridized carbons (Fsp3) is 0.233. The van der Waals surface area contributed by atoms with Crippen molar-refractivity contribution in [1.29, 1.82) is 5.26 Å². The molecule has 1 aliphatic rings. The lowest BCUT2D eigenvalue weighted by molar-refractivity contribution is -0.114. The number of anilines is 2. The quantitative estimate of drug-likeness (QED) is 0.309. The molecule has 1 aromatic heterocycles. The SMILES string of the molecule is COc1ccc(OC)c(NC(=O)C2=C(C)NC(SCC(=O)Nc3c(C)cccc3C)=C(C#N)C2c2ccco2)c1. The van der Waals surface area contributed by atoms with E-state index in [1.165, 1.54) is 32.2 Å². The second kappa shape index (κ2) is 12.5. The average molecular weight is 559 g/mol. The zero-order chi connectivity index (χ0) is 28.8. The summed E-state index contributed by atoms with van der Waals surface area (Å²) in [5, 5.41) is 19.8. The lowest BCUT2D eigenvalue weighted by atomic mass is 9.85. The van der Waals surface area contributed by atoms with E-state index in [0.29, 0.717) is 39.2 Å². The molecule has 3 N–H and O–H groups in total. The van der Waals surface area contributed by atoms with E-state index in [1.54, 1.807) is 37.3 Å². The molecule has 0 aliphatic carbocycles. The molecule has 9 nitrogen and oxygen atoms in total. The molecular weight excluding hydrogens is 528 g/mol. The maximum atomic E-state index is 13.7. The third kappa shape index (κ3) is 6.00. The van der Waals surface area contributed by atoms with Crippen molar-refractivity contribution in [2.75, 3.05) is 30.6 Å². The summed E-state index contributed by atoms with van der Waals surface area (Å²) in [6, 6.07) is 16.5. The van der Waals surface area contributed by atoms with Crippen LogP contribution in [0.2, 0.25) is 0 Å². The van der Waals surface area contributed by atoms with Gasteiger partial charge in [-0.3, -0.25) is 9.59 Å². The average Bonchev–Trinajstić information content (AvgIpc) is 3.48. The second-order valence-electron chi connectivity index (χ2n) is 9.09. The Balaban J connectivity index is 1.62. The van der Waals surface area contributed by atoms with Crippen molar-refractivity contribution in [2.45, 2.75) is 26.7 Å². The molecule has 4 rings (SSSR count). The summed E-state index contributed by atoms with van der Waals surface area (Å²) < 4.78 is 16.4. The number of aryl methyl sites for hydroxylation is 2. The van der Waals surface area contributed by atoms with Crippen LogP contribution in [0.5, 0.6) is 11.5 Å². The van der Waals surface area contributed by atoms with Gasteiger partial charge in [-0.05, 0) is 56.2 Å². The van der Waals surface area contributed by atoms with E-state index < -0.39 is 11.8 Å². The number of dihydropyridines is 1. The molecule has 2 amide bonds. The number of rotatable bonds is 9. The molecule has 40 heavy (non-hydrogen) atoms. The Kier molecular flexibility index (Phi) is 8.86. The van der Waals surface area contributed by atoms with Crippen LogP contribution in [0.15, 0.2) is 81.1 Å². The predicted molar refractivity (Wildman–Crippen MR) is 155 cm³/mol. The minimum Gasteiger partial charge on any atom is -0.497 e. The molecule has 206 valence electrons. The van der Waals surface area contributed by atoms with Gasteiger partial charge in [-0.2, -0.15) is 5.26 Å². The van der Waals surface area contributed by atoms with Crippen molar-refractivity contribution < 1.29 is 23.5 Å². The number of para-hydroxylation sites is 1. The molecule has 0 radical (unpaired) electrons. The van der Waals surface area contributed by atoms with Crippen molar-refractivity contribution >= 4 is 35.0 Å². The van der Waals surface area contributed by atoms with E-state index >= 15 is 0 Å². The molecule has 2 heterocycles. The summed E-state index contributed by atoms with van der Waals surface area (Å²) in [4.78, 5) is 26.6. The Morgan fingerprint density at radius 1 is 1.05 bits per heavy atom. The fourth-order valence-electron chi connectivity index (χ4n) is 4.49. The molecule has 0 spiro atoms. The van der Waals surface area contributed by atoms with E-state index in [9.17, 15) is 14.9 Å². The van der Waals surface area contributed by atoms with Crippen molar-refractivity contribution in [3.05, 3.63) is 93.6 Å². The van der Waals surface area contributed by atoms with Crippen LogP contribution in [-0.2, 0) is 9.59 Å². The Labute approximate surface area is 237 Å². The zero-order valence-corrected chi connectivity index (χ0v) is 23.7. The standard InChI is InChI=1S/C30H30N4O5S/c1-17-8-6-9-18(2)28(17)34-25(35)16-40-30-21(15-31)27(24-10-7-13-39-24)26(19(3)32-30)29(36)33-22-14-20(37-4)11-12-23(22)38-5/h6-14,27,32H,16H2,1-5H3,(H,33,36)(H,34,35). The Morgan fingerprint density at radius 3 is 2.42 bits per heavy atom. The number of allylic oxidation sites excluding steroid dienone is 2. The van der Waals surface area contributed by atoms with Crippen LogP contribution in [-0.4, -0.2) is 31.8 Å².